The van der Waals surface area contributed by atoms with Crippen LogP contribution in [0.15, 0.2) is 0 Å². The first-order valence-electron chi connectivity index (χ1n) is 6.71. The van der Waals surface area contributed by atoms with Gasteiger partial charge in [0.2, 0.25) is 0 Å². The van der Waals surface area contributed by atoms with E-state index in [4.69, 9.17) is 21.1 Å². The number of carbonyl (C=O) groups excluding carboxylic acids is 2. The minimum atomic E-state index is -0.614. The molecule has 1 rings (SSSR count). The van der Waals surface area contributed by atoms with Crippen LogP contribution in [0.4, 0.5) is 4.79 Å². The Labute approximate surface area is 129 Å². The van der Waals surface area contributed by atoms with Crippen molar-refractivity contribution in [1.82, 2.24) is 4.90 Å². The molecule has 1 saturated heterocycles. The number of amides is 1. The van der Waals surface area contributed by atoms with Gasteiger partial charge in [-0.25, -0.2) is 4.79 Å². The lowest BCUT2D eigenvalue weighted by Gasteiger charge is -2.37. The van der Waals surface area contributed by atoms with Crippen LogP contribution < -0.4 is 0 Å². The third-order valence-corrected chi connectivity index (χ3v) is 2.81. The summed E-state index contributed by atoms with van der Waals surface area (Å²) in [5.41, 5.74) is -0.614. The van der Waals surface area contributed by atoms with Gasteiger partial charge in [0, 0.05) is 0 Å². The smallest absolute Gasteiger partial charge is 0.410 e. The minimum absolute atomic E-state index is 0.0392. The first-order valence-corrected chi connectivity index (χ1v) is 7.24. The second kappa shape index (κ2) is 7.82. The molecule has 21 heavy (non-hydrogen) atoms. The number of hydrogen-bond acceptors (Lipinski definition) is 6. The summed E-state index contributed by atoms with van der Waals surface area (Å²) >= 11 is 5.31. The molecule has 0 bridgehead atoms. The van der Waals surface area contributed by atoms with E-state index in [2.05, 4.69) is 4.74 Å². The molecule has 0 aromatic rings. The number of ether oxygens (including phenoxy) is 3. The van der Waals surface area contributed by atoms with E-state index >= 15 is 0 Å². The molecule has 122 valence electrons. The fourth-order valence-electron chi connectivity index (χ4n) is 1.92. The molecule has 0 radical (unpaired) electrons. The number of aliphatic hydroxyl groups excluding tert-OH is 1. The molecular weight excluding hydrogens is 302 g/mol. The van der Waals surface area contributed by atoms with Crippen LogP contribution in [0, 0.1) is 0 Å². The van der Waals surface area contributed by atoms with E-state index in [9.17, 15) is 14.7 Å². The number of morpholine rings is 1. The van der Waals surface area contributed by atoms with E-state index in [1.165, 1.54) is 4.90 Å². The standard InChI is InChI=1S/C13H22ClNO6/c1-13(2,3)21-12(18)15-5-9(4-11(17)19-8-14)20-10(6-15)7-16/h9-10,16H,4-8H2,1-3H3/t9-,10+/m1/s1. The number of carbonyl (C=O) groups is 2. The predicted molar refractivity (Wildman–Crippen MR) is 75.0 cm³/mol. The Bertz CT molecular complexity index is 370. The zero-order valence-electron chi connectivity index (χ0n) is 12.5. The molecule has 0 saturated carbocycles. The molecule has 1 N–H and O–H groups in total. The van der Waals surface area contributed by atoms with Crippen molar-refractivity contribution in [3.05, 3.63) is 0 Å². The van der Waals surface area contributed by atoms with Crippen molar-refractivity contribution in [2.45, 2.75) is 45.0 Å². The lowest BCUT2D eigenvalue weighted by molar-refractivity contribution is -0.151. The summed E-state index contributed by atoms with van der Waals surface area (Å²) in [6.45, 7) is 5.47. The molecule has 1 amide bonds. The van der Waals surface area contributed by atoms with E-state index in [1.807, 2.05) is 0 Å². The summed E-state index contributed by atoms with van der Waals surface area (Å²) in [6, 6.07) is -0.231. The van der Waals surface area contributed by atoms with Gasteiger partial charge in [-0.1, -0.05) is 11.6 Å². The lowest BCUT2D eigenvalue weighted by atomic mass is 10.1. The summed E-state index contributed by atoms with van der Waals surface area (Å²) in [5.74, 6) is -0.516. The highest BCUT2D eigenvalue weighted by molar-refractivity contribution is 6.17. The summed E-state index contributed by atoms with van der Waals surface area (Å²) in [6.07, 6.45) is -1.65. The zero-order chi connectivity index (χ0) is 16.0. The van der Waals surface area contributed by atoms with Gasteiger partial charge in [-0.05, 0) is 20.8 Å². The van der Waals surface area contributed by atoms with Crippen LogP contribution in [0.5, 0.6) is 0 Å². The van der Waals surface area contributed by atoms with Gasteiger partial charge >= 0.3 is 12.1 Å². The largest absolute Gasteiger partial charge is 0.449 e. The molecule has 8 heteroatoms. The summed E-state index contributed by atoms with van der Waals surface area (Å²) < 4.78 is 15.4. The van der Waals surface area contributed by atoms with E-state index in [0.717, 1.165) is 0 Å². The number of nitrogens with zero attached hydrogens (tertiary/aromatic N) is 1. The molecule has 0 unspecified atom stereocenters. The number of rotatable bonds is 4. The summed E-state index contributed by atoms with van der Waals surface area (Å²) in [5, 5.41) is 9.24. The van der Waals surface area contributed by atoms with E-state index in [1.54, 1.807) is 20.8 Å². The molecule has 7 nitrogen and oxygen atoms in total. The molecule has 2 atom stereocenters. The van der Waals surface area contributed by atoms with Crippen LogP contribution >= 0.6 is 11.6 Å². The van der Waals surface area contributed by atoms with Crippen molar-refractivity contribution in [2.75, 3.05) is 25.8 Å². The highest BCUT2D eigenvalue weighted by atomic mass is 35.5. The molecule has 0 spiro atoms. The van der Waals surface area contributed by atoms with Crippen LogP contribution in [-0.2, 0) is 19.0 Å². The second-order valence-corrected chi connectivity index (χ2v) is 6.00. The maximum absolute atomic E-state index is 12.1. The predicted octanol–water partition coefficient (Wildman–Crippen LogP) is 1.11. The monoisotopic (exact) mass is 323 g/mol. The Balaban J connectivity index is 2.64. The lowest BCUT2D eigenvalue weighted by Crippen LogP contribution is -2.52. The van der Waals surface area contributed by atoms with Crippen molar-refractivity contribution in [1.29, 1.82) is 0 Å². The molecule has 1 aliphatic heterocycles. The Morgan fingerprint density at radius 2 is 1.95 bits per heavy atom. The quantitative estimate of drug-likeness (QED) is 0.616. The first-order chi connectivity index (χ1) is 9.75. The molecular formula is C13H22ClNO6. The fraction of sp³-hybridized carbons (Fsp3) is 0.846. The Hall–Kier alpha value is -1.05. The van der Waals surface area contributed by atoms with Gasteiger partial charge in [-0.15, -0.1) is 0 Å². The molecule has 0 aromatic carbocycles. The second-order valence-electron chi connectivity index (χ2n) is 5.78. The number of hydrogen-bond donors (Lipinski definition) is 1. The van der Waals surface area contributed by atoms with E-state index in [0.29, 0.717) is 0 Å². The van der Waals surface area contributed by atoms with Gasteiger partial charge in [0.25, 0.3) is 0 Å². The fourth-order valence-corrected chi connectivity index (χ4v) is 2.04. The highest BCUT2D eigenvalue weighted by Crippen LogP contribution is 2.18. The molecule has 1 aliphatic rings. The SMILES string of the molecule is CC(C)(C)OC(=O)N1C[C@@H](CO)O[C@H](CC(=O)OCCl)C1. The van der Waals surface area contributed by atoms with Gasteiger partial charge in [0.1, 0.15) is 5.60 Å². The van der Waals surface area contributed by atoms with Crippen molar-refractivity contribution in [3.63, 3.8) is 0 Å². The Kier molecular flexibility index (Phi) is 6.70. The molecule has 0 aromatic heterocycles. The molecule has 1 heterocycles. The van der Waals surface area contributed by atoms with Crippen LogP contribution in [-0.4, -0.2) is 65.6 Å². The van der Waals surface area contributed by atoms with Crippen molar-refractivity contribution < 1.29 is 28.9 Å². The van der Waals surface area contributed by atoms with Crippen molar-refractivity contribution in [2.24, 2.45) is 0 Å². The van der Waals surface area contributed by atoms with Crippen LogP contribution in [0.1, 0.15) is 27.2 Å². The molecule has 1 fully saturated rings. The normalized spacial score (nSPS) is 22.8. The average Bonchev–Trinajstić information content (AvgIpc) is 2.36. The summed E-state index contributed by atoms with van der Waals surface area (Å²) in [7, 11) is 0. The Morgan fingerprint density at radius 3 is 2.48 bits per heavy atom. The minimum Gasteiger partial charge on any atom is -0.449 e. The third-order valence-electron chi connectivity index (χ3n) is 2.70. The topological polar surface area (TPSA) is 85.3 Å². The number of alkyl halides is 1. The molecule has 0 aliphatic carbocycles. The average molecular weight is 324 g/mol. The van der Waals surface area contributed by atoms with Gasteiger partial charge in [0.15, 0.2) is 6.07 Å². The van der Waals surface area contributed by atoms with Crippen LogP contribution in [0.2, 0.25) is 0 Å². The van der Waals surface area contributed by atoms with Crippen molar-refractivity contribution >= 4 is 23.7 Å². The third kappa shape index (κ3) is 6.50. The highest BCUT2D eigenvalue weighted by Gasteiger charge is 2.34. The van der Waals surface area contributed by atoms with Gasteiger partial charge in [-0.2, -0.15) is 0 Å². The van der Waals surface area contributed by atoms with Crippen LogP contribution in [0.3, 0.4) is 0 Å². The number of halogens is 1. The summed E-state index contributed by atoms with van der Waals surface area (Å²) in [4.78, 5) is 24.9. The maximum atomic E-state index is 12.1. The maximum Gasteiger partial charge on any atom is 0.410 e. The first kappa shape index (κ1) is 18.0. The van der Waals surface area contributed by atoms with Crippen molar-refractivity contribution in [3.8, 4) is 0 Å². The number of aliphatic hydroxyl groups is 1. The van der Waals surface area contributed by atoms with Gasteiger partial charge in [-0.3, -0.25) is 4.79 Å². The van der Waals surface area contributed by atoms with E-state index in [-0.39, 0.29) is 32.2 Å². The zero-order valence-corrected chi connectivity index (χ0v) is 13.3. The van der Waals surface area contributed by atoms with E-state index < -0.39 is 29.9 Å². The number of esters is 1. The van der Waals surface area contributed by atoms with Gasteiger partial charge in [0.05, 0.1) is 38.3 Å². The van der Waals surface area contributed by atoms with Crippen LogP contribution in [0.25, 0.3) is 0 Å². The Morgan fingerprint density at radius 1 is 1.33 bits per heavy atom. The van der Waals surface area contributed by atoms with Gasteiger partial charge < -0.3 is 24.2 Å².